The summed E-state index contributed by atoms with van der Waals surface area (Å²) < 4.78 is 16.6. The molecule has 2 aromatic rings. The molecule has 4 heteroatoms. The summed E-state index contributed by atoms with van der Waals surface area (Å²) in [6.45, 7) is 4.35. The number of carbonyl (C=O) groups excluding carboxylic acids is 1. The van der Waals surface area contributed by atoms with Gasteiger partial charge in [-0.1, -0.05) is 30.3 Å². The van der Waals surface area contributed by atoms with Gasteiger partial charge in [0.1, 0.15) is 24.2 Å². The highest BCUT2D eigenvalue weighted by molar-refractivity contribution is 5.94. The Labute approximate surface area is 137 Å². The van der Waals surface area contributed by atoms with Crippen LogP contribution in [0.2, 0.25) is 0 Å². The van der Waals surface area contributed by atoms with E-state index in [2.05, 4.69) is 0 Å². The summed E-state index contributed by atoms with van der Waals surface area (Å²) in [6, 6.07) is 15.1. The van der Waals surface area contributed by atoms with Crippen LogP contribution in [0.3, 0.4) is 0 Å². The molecular weight excluding hydrogens is 292 g/mol. The maximum Gasteiger partial charge on any atom is 0.160 e. The number of Topliss-reactive ketones (excluding diaryl/α,β-unsaturated/α-hetero) is 1. The van der Waals surface area contributed by atoms with Crippen LogP contribution in [-0.4, -0.2) is 25.6 Å². The highest BCUT2D eigenvalue weighted by atomic mass is 16.5. The molecule has 4 nitrogen and oxygen atoms in total. The Balaban J connectivity index is 2.14. The maximum atomic E-state index is 11.7. The van der Waals surface area contributed by atoms with Crippen LogP contribution in [0.15, 0.2) is 48.5 Å². The number of methoxy groups -OCH3 is 1. The fraction of sp³-hybridized carbons (Fsp3) is 0.316. The van der Waals surface area contributed by atoms with Crippen molar-refractivity contribution in [2.45, 2.75) is 26.6 Å². The predicted octanol–water partition coefficient (Wildman–Crippen LogP) is 3.88. The van der Waals surface area contributed by atoms with Crippen molar-refractivity contribution in [3.05, 3.63) is 59.7 Å². The highest BCUT2D eigenvalue weighted by Gasteiger charge is 2.10. The summed E-state index contributed by atoms with van der Waals surface area (Å²) in [5.41, 5.74) is 1.63. The molecule has 0 spiro atoms. The van der Waals surface area contributed by atoms with E-state index in [9.17, 15) is 4.79 Å². The van der Waals surface area contributed by atoms with Crippen molar-refractivity contribution in [3.8, 4) is 11.5 Å². The standard InChI is InChI=1S/C19H22O4/c1-14(12-21-3)23-19-10-17(15(2)20)9-18(11-19)22-13-16-7-5-4-6-8-16/h4-11,14H,12-13H2,1-3H3/t14-/m0/s1. The number of benzene rings is 2. The molecule has 0 unspecified atom stereocenters. The van der Waals surface area contributed by atoms with E-state index in [0.29, 0.717) is 30.3 Å². The third-order valence-corrected chi connectivity index (χ3v) is 3.27. The van der Waals surface area contributed by atoms with Crippen LogP contribution in [0.25, 0.3) is 0 Å². The molecule has 0 radical (unpaired) electrons. The van der Waals surface area contributed by atoms with E-state index in [0.717, 1.165) is 5.56 Å². The van der Waals surface area contributed by atoms with Gasteiger partial charge < -0.3 is 14.2 Å². The fourth-order valence-electron chi connectivity index (χ4n) is 2.17. The van der Waals surface area contributed by atoms with Crippen molar-refractivity contribution in [1.82, 2.24) is 0 Å². The quantitative estimate of drug-likeness (QED) is 0.694. The van der Waals surface area contributed by atoms with E-state index >= 15 is 0 Å². The van der Waals surface area contributed by atoms with Crippen molar-refractivity contribution >= 4 is 5.78 Å². The maximum absolute atomic E-state index is 11.7. The molecule has 2 aromatic carbocycles. The molecule has 0 aliphatic heterocycles. The Hall–Kier alpha value is -2.33. The van der Waals surface area contributed by atoms with Gasteiger partial charge in [-0.05, 0) is 31.5 Å². The van der Waals surface area contributed by atoms with Crippen LogP contribution in [0.5, 0.6) is 11.5 Å². The van der Waals surface area contributed by atoms with Gasteiger partial charge in [-0.25, -0.2) is 0 Å². The first-order chi connectivity index (χ1) is 11.1. The lowest BCUT2D eigenvalue weighted by molar-refractivity contribution is 0.0914. The van der Waals surface area contributed by atoms with Gasteiger partial charge in [-0.2, -0.15) is 0 Å². The molecule has 0 bridgehead atoms. The molecule has 122 valence electrons. The van der Waals surface area contributed by atoms with E-state index in [4.69, 9.17) is 14.2 Å². The second-order valence-electron chi connectivity index (χ2n) is 5.41. The molecular formula is C19H22O4. The molecule has 2 rings (SSSR count). The normalized spacial score (nSPS) is 11.8. The Morgan fingerprint density at radius 1 is 1.09 bits per heavy atom. The van der Waals surface area contributed by atoms with E-state index in [1.54, 1.807) is 25.3 Å². The minimum absolute atomic E-state index is 0.0283. The van der Waals surface area contributed by atoms with E-state index in [-0.39, 0.29) is 11.9 Å². The van der Waals surface area contributed by atoms with Crippen molar-refractivity contribution in [1.29, 1.82) is 0 Å². The summed E-state index contributed by atoms with van der Waals surface area (Å²) >= 11 is 0. The topological polar surface area (TPSA) is 44.8 Å². The number of rotatable bonds is 8. The van der Waals surface area contributed by atoms with Crippen LogP contribution in [0, 0.1) is 0 Å². The summed E-state index contributed by atoms with van der Waals surface area (Å²) in [5.74, 6) is 1.19. The highest BCUT2D eigenvalue weighted by Crippen LogP contribution is 2.25. The van der Waals surface area contributed by atoms with Gasteiger partial charge in [0.05, 0.1) is 6.61 Å². The number of ether oxygens (including phenoxy) is 3. The average molecular weight is 314 g/mol. The van der Waals surface area contributed by atoms with Crippen LogP contribution in [0.4, 0.5) is 0 Å². The van der Waals surface area contributed by atoms with E-state index in [1.807, 2.05) is 37.3 Å². The zero-order valence-corrected chi connectivity index (χ0v) is 13.7. The number of hydrogen-bond donors (Lipinski definition) is 0. The first-order valence-corrected chi connectivity index (χ1v) is 7.57. The second-order valence-corrected chi connectivity index (χ2v) is 5.41. The SMILES string of the molecule is COC[C@H](C)Oc1cc(OCc2ccccc2)cc(C(C)=O)c1. The summed E-state index contributed by atoms with van der Waals surface area (Å²) in [7, 11) is 1.63. The molecule has 0 aliphatic rings. The van der Waals surface area contributed by atoms with Gasteiger partial charge in [0, 0.05) is 18.7 Å². The molecule has 0 fully saturated rings. The lowest BCUT2D eigenvalue weighted by Crippen LogP contribution is -2.18. The Kier molecular flexibility index (Phi) is 6.18. The molecule has 0 aliphatic carbocycles. The Bertz CT molecular complexity index is 637. The largest absolute Gasteiger partial charge is 0.489 e. The van der Waals surface area contributed by atoms with Crippen molar-refractivity contribution in [2.24, 2.45) is 0 Å². The van der Waals surface area contributed by atoms with Crippen LogP contribution < -0.4 is 9.47 Å². The zero-order chi connectivity index (χ0) is 16.7. The van der Waals surface area contributed by atoms with Gasteiger partial charge in [-0.15, -0.1) is 0 Å². The monoisotopic (exact) mass is 314 g/mol. The Morgan fingerprint density at radius 3 is 2.43 bits per heavy atom. The van der Waals surface area contributed by atoms with Crippen molar-refractivity contribution in [3.63, 3.8) is 0 Å². The van der Waals surface area contributed by atoms with Gasteiger partial charge in [0.2, 0.25) is 0 Å². The number of carbonyl (C=O) groups is 1. The van der Waals surface area contributed by atoms with Crippen LogP contribution in [-0.2, 0) is 11.3 Å². The molecule has 0 saturated heterocycles. The minimum atomic E-state index is -0.107. The molecule has 0 heterocycles. The van der Waals surface area contributed by atoms with E-state index < -0.39 is 0 Å². The van der Waals surface area contributed by atoms with Crippen molar-refractivity contribution in [2.75, 3.05) is 13.7 Å². The van der Waals surface area contributed by atoms with Gasteiger partial charge >= 0.3 is 0 Å². The predicted molar refractivity (Wildman–Crippen MR) is 89.2 cm³/mol. The molecule has 0 amide bonds. The first kappa shape index (κ1) is 17.0. The molecule has 0 N–H and O–H groups in total. The lowest BCUT2D eigenvalue weighted by atomic mass is 10.1. The molecule has 23 heavy (non-hydrogen) atoms. The minimum Gasteiger partial charge on any atom is -0.489 e. The lowest BCUT2D eigenvalue weighted by Gasteiger charge is -2.16. The van der Waals surface area contributed by atoms with E-state index in [1.165, 1.54) is 6.92 Å². The number of ketones is 1. The van der Waals surface area contributed by atoms with Gasteiger partial charge in [0.25, 0.3) is 0 Å². The van der Waals surface area contributed by atoms with Gasteiger partial charge in [-0.3, -0.25) is 4.79 Å². The Morgan fingerprint density at radius 2 is 1.78 bits per heavy atom. The van der Waals surface area contributed by atoms with Crippen molar-refractivity contribution < 1.29 is 19.0 Å². The molecule has 1 atom stereocenters. The third kappa shape index (κ3) is 5.42. The summed E-state index contributed by atoms with van der Waals surface area (Å²) in [6.07, 6.45) is -0.107. The van der Waals surface area contributed by atoms with Gasteiger partial charge in [0.15, 0.2) is 5.78 Å². The summed E-state index contributed by atoms with van der Waals surface area (Å²) in [5, 5.41) is 0. The fourth-order valence-corrected chi connectivity index (χ4v) is 2.17. The second kappa shape index (κ2) is 8.34. The van der Waals surface area contributed by atoms with Crippen LogP contribution >= 0.6 is 0 Å². The number of hydrogen-bond acceptors (Lipinski definition) is 4. The molecule has 0 saturated carbocycles. The zero-order valence-electron chi connectivity index (χ0n) is 13.7. The molecule has 0 aromatic heterocycles. The summed E-state index contributed by atoms with van der Waals surface area (Å²) in [4.78, 5) is 11.7. The average Bonchev–Trinajstić information content (AvgIpc) is 2.54. The van der Waals surface area contributed by atoms with Crippen LogP contribution in [0.1, 0.15) is 29.8 Å². The first-order valence-electron chi connectivity index (χ1n) is 7.57. The smallest absolute Gasteiger partial charge is 0.160 e. The third-order valence-electron chi connectivity index (χ3n) is 3.27.